The number of imidazole rings is 2. The Labute approximate surface area is 165 Å². The highest BCUT2D eigenvalue weighted by Gasteiger charge is 2.26. The van der Waals surface area contributed by atoms with Gasteiger partial charge in [0.1, 0.15) is 6.04 Å². The lowest BCUT2D eigenvalue weighted by molar-refractivity contribution is -0.144. The highest BCUT2D eigenvalue weighted by Crippen LogP contribution is 2.21. The zero-order valence-electron chi connectivity index (χ0n) is 16.8. The maximum atomic E-state index is 13.2. The quantitative estimate of drug-likeness (QED) is 0.490. The summed E-state index contributed by atoms with van der Waals surface area (Å²) in [6.07, 6.45) is 1.80. The van der Waals surface area contributed by atoms with Crippen LogP contribution in [0, 0.1) is 13.8 Å². The first-order valence-electron chi connectivity index (χ1n) is 9.12. The van der Waals surface area contributed by atoms with Crippen molar-refractivity contribution in [3.63, 3.8) is 0 Å². The molecule has 29 heavy (non-hydrogen) atoms. The van der Waals surface area contributed by atoms with Crippen LogP contribution in [0.25, 0.3) is 22.6 Å². The number of hydrogen-bond acceptors (Lipinski definition) is 5. The van der Waals surface area contributed by atoms with Gasteiger partial charge in [-0.3, -0.25) is 18.3 Å². The van der Waals surface area contributed by atoms with Crippen molar-refractivity contribution in [1.29, 1.82) is 0 Å². The molecule has 0 aliphatic carbocycles. The Hall–Kier alpha value is -3.62. The molecule has 0 fully saturated rings. The average Bonchev–Trinajstić information content (AvgIpc) is 3.21. The summed E-state index contributed by atoms with van der Waals surface area (Å²) in [5.74, 6) is -0.158. The van der Waals surface area contributed by atoms with E-state index in [0.29, 0.717) is 5.78 Å². The fourth-order valence-electron chi connectivity index (χ4n) is 3.61. The van der Waals surface area contributed by atoms with Gasteiger partial charge in [-0.15, -0.1) is 0 Å². The number of aromatic nitrogens is 5. The summed E-state index contributed by atoms with van der Waals surface area (Å²) in [5, 5.41) is 0. The largest absolute Gasteiger partial charge is 0.467 e. The molecule has 1 aromatic carbocycles. The van der Waals surface area contributed by atoms with E-state index < -0.39 is 23.3 Å². The minimum atomic E-state index is -1.05. The molecule has 0 radical (unpaired) electrons. The second-order valence-electron chi connectivity index (χ2n) is 7.11. The monoisotopic (exact) mass is 395 g/mol. The molecule has 9 nitrogen and oxygen atoms in total. The predicted octanol–water partition coefficient (Wildman–Crippen LogP) is 1.49. The van der Waals surface area contributed by atoms with Gasteiger partial charge in [0.05, 0.1) is 7.11 Å². The van der Waals surface area contributed by atoms with Crippen LogP contribution in [0.2, 0.25) is 0 Å². The Kier molecular flexibility index (Phi) is 4.18. The van der Waals surface area contributed by atoms with E-state index >= 15 is 0 Å². The summed E-state index contributed by atoms with van der Waals surface area (Å²) in [6, 6.07) is 6.88. The number of carbonyl (C=O) groups excluding carboxylic acids is 1. The molecule has 0 amide bonds. The van der Waals surface area contributed by atoms with Crippen LogP contribution in [0.1, 0.15) is 24.2 Å². The molecule has 0 spiro atoms. The fourth-order valence-corrected chi connectivity index (χ4v) is 3.61. The summed E-state index contributed by atoms with van der Waals surface area (Å²) >= 11 is 0. The molecular weight excluding hydrogens is 374 g/mol. The summed E-state index contributed by atoms with van der Waals surface area (Å²) < 4.78 is 10.5. The standard InChI is InChI=1S/C20H21N5O4/c1-11-6-8-14(9-7-11)24-12(2)10-23-15-16(21-19(23)24)22(4)20(28)25(17(15)26)13(3)18(27)29-5/h6-10,13H,1-5H3/t13-/m0/s1. The van der Waals surface area contributed by atoms with Gasteiger partial charge in [-0.2, -0.15) is 4.98 Å². The minimum absolute atomic E-state index is 0.229. The number of carbonyl (C=O) groups is 1. The molecule has 0 aliphatic heterocycles. The summed E-state index contributed by atoms with van der Waals surface area (Å²) in [5.41, 5.74) is 2.17. The van der Waals surface area contributed by atoms with E-state index in [9.17, 15) is 14.4 Å². The first kappa shape index (κ1) is 18.7. The second kappa shape index (κ2) is 6.47. The van der Waals surface area contributed by atoms with Crippen molar-refractivity contribution >= 4 is 22.9 Å². The van der Waals surface area contributed by atoms with Crippen molar-refractivity contribution in [2.45, 2.75) is 26.8 Å². The Bertz CT molecular complexity index is 1390. The topological polar surface area (TPSA) is 92.5 Å². The third-order valence-electron chi connectivity index (χ3n) is 5.20. The number of nitrogens with zero attached hydrogens (tertiary/aromatic N) is 5. The molecule has 0 aliphatic rings. The van der Waals surface area contributed by atoms with Crippen LogP contribution in [0.4, 0.5) is 0 Å². The third-order valence-corrected chi connectivity index (χ3v) is 5.20. The minimum Gasteiger partial charge on any atom is -0.467 e. The third kappa shape index (κ3) is 2.61. The van der Waals surface area contributed by atoms with Crippen molar-refractivity contribution in [3.8, 4) is 5.69 Å². The van der Waals surface area contributed by atoms with Crippen molar-refractivity contribution in [2.75, 3.05) is 7.11 Å². The van der Waals surface area contributed by atoms with Gasteiger partial charge < -0.3 is 4.74 Å². The van der Waals surface area contributed by atoms with E-state index in [1.807, 2.05) is 42.7 Å². The molecule has 0 saturated carbocycles. The summed E-state index contributed by atoms with van der Waals surface area (Å²) in [4.78, 5) is 42.6. The number of ether oxygens (including phenoxy) is 1. The maximum absolute atomic E-state index is 13.2. The molecule has 3 aromatic heterocycles. The Morgan fingerprint density at radius 3 is 2.41 bits per heavy atom. The smallest absolute Gasteiger partial charge is 0.333 e. The lowest BCUT2D eigenvalue weighted by atomic mass is 10.2. The Morgan fingerprint density at radius 2 is 1.79 bits per heavy atom. The van der Waals surface area contributed by atoms with Gasteiger partial charge in [0.15, 0.2) is 11.2 Å². The number of hydrogen-bond donors (Lipinski definition) is 0. The van der Waals surface area contributed by atoms with Gasteiger partial charge in [-0.25, -0.2) is 14.2 Å². The van der Waals surface area contributed by atoms with Crippen LogP contribution in [0.5, 0.6) is 0 Å². The molecule has 0 bridgehead atoms. The molecule has 4 aromatic rings. The molecule has 4 rings (SSSR count). The van der Waals surface area contributed by atoms with Gasteiger partial charge in [0.2, 0.25) is 5.78 Å². The fraction of sp³-hybridized carbons (Fsp3) is 0.300. The lowest BCUT2D eigenvalue weighted by Crippen LogP contribution is -2.43. The number of benzene rings is 1. The predicted molar refractivity (Wildman–Crippen MR) is 108 cm³/mol. The average molecular weight is 395 g/mol. The first-order valence-corrected chi connectivity index (χ1v) is 9.12. The Morgan fingerprint density at radius 1 is 1.14 bits per heavy atom. The number of fused-ring (bicyclic) bond motifs is 3. The molecular formula is C20H21N5O4. The van der Waals surface area contributed by atoms with E-state index in [2.05, 4.69) is 4.98 Å². The van der Waals surface area contributed by atoms with E-state index in [-0.39, 0.29) is 11.2 Å². The Balaban J connectivity index is 2.10. The van der Waals surface area contributed by atoms with Gasteiger partial charge in [-0.05, 0) is 32.9 Å². The van der Waals surface area contributed by atoms with Gasteiger partial charge in [-0.1, -0.05) is 17.7 Å². The summed E-state index contributed by atoms with van der Waals surface area (Å²) in [6.45, 7) is 5.38. The lowest BCUT2D eigenvalue weighted by Gasteiger charge is -2.13. The molecule has 0 saturated heterocycles. The maximum Gasteiger partial charge on any atom is 0.333 e. The summed E-state index contributed by atoms with van der Waals surface area (Å²) in [7, 11) is 2.75. The first-order chi connectivity index (χ1) is 13.8. The van der Waals surface area contributed by atoms with Gasteiger partial charge in [0.25, 0.3) is 5.56 Å². The van der Waals surface area contributed by atoms with Gasteiger partial charge in [0, 0.05) is 24.6 Å². The number of esters is 1. The van der Waals surface area contributed by atoms with Crippen LogP contribution in [-0.2, 0) is 16.6 Å². The molecule has 3 heterocycles. The molecule has 150 valence electrons. The van der Waals surface area contributed by atoms with Gasteiger partial charge >= 0.3 is 11.7 Å². The van der Waals surface area contributed by atoms with E-state index in [0.717, 1.165) is 21.5 Å². The van der Waals surface area contributed by atoms with E-state index in [1.54, 1.807) is 10.6 Å². The molecule has 9 heteroatoms. The van der Waals surface area contributed by atoms with Crippen LogP contribution < -0.4 is 11.2 Å². The van der Waals surface area contributed by atoms with Crippen molar-refractivity contribution < 1.29 is 9.53 Å². The molecule has 0 unspecified atom stereocenters. The second-order valence-corrected chi connectivity index (χ2v) is 7.11. The zero-order chi connectivity index (χ0) is 21.0. The van der Waals surface area contributed by atoms with Crippen molar-refractivity contribution in [3.05, 3.63) is 62.6 Å². The highest BCUT2D eigenvalue weighted by atomic mass is 16.5. The molecule has 1 atom stereocenters. The molecule has 0 N–H and O–H groups in total. The van der Waals surface area contributed by atoms with Crippen LogP contribution >= 0.6 is 0 Å². The van der Waals surface area contributed by atoms with Crippen LogP contribution in [-0.4, -0.2) is 36.2 Å². The SMILES string of the molecule is COC(=O)[C@H](C)n1c(=O)c2c(nc3n(-c4ccc(C)cc4)c(C)cn23)n(C)c1=O. The van der Waals surface area contributed by atoms with E-state index in [4.69, 9.17) is 4.74 Å². The van der Waals surface area contributed by atoms with Crippen LogP contribution in [0.15, 0.2) is 40.1 Å². The number of methoxy groups -OCH3 is 1. The van der Waals surface area contributed by atoms with Crippen molar-refractivity contribution in [2.24, 2.45) is 7.05 Å². The normalized spacial score (nSPS) is 12.6. The number of rotatable bonds is 3. The highest BCUT2D eigenvalue weighted by molar-refractivity contribution is 5.78. The zero-order valence-corrected chi connectivity index (χ0v) is 16.8. The van der Waals surface area contributed by atoms with Crippen LogP contribution in [0.3, 0.4) is 0 Å². The van der Waals surface area contributed by atoms with Crippen molar-refractivity contribution in [1.82, 2.24) is 23.1 Å². The van der Waals surface area contributed by atoms with E-state index in [1.165, 1.54) is 25.6 Å². The number of aryl methyl sites for hydroxylation is 3.